The Labute approximate surface area is 127 Å². The number of hydrogen-bond acceptors (Lipinski definition) is 3. The number of carbonyl (C=O) groups is 1. The van der Waals surface area contributed by atoms with Crippen molar-refractivity contribution in [2.24, 2.45) is 0 Å². The third-order valence-corrected chi connectivity index (χ3v) is 3.61. The summed E-state index contributed by atoms with van der Waals surface area (Å²) in [5.41, 5.74) is 2.35. The van der Waals surface area contributed by atoms with Crippen molar-refractivity contribution in [3.63, 3.8) is 0 Å². The standard InChI is InChI=1S/C16H17FN4O/c17-13-1-3-14(4-2-13)21-11-19-10-15(21)16(22)20-9-12-5-7-18-8-6-12/h1-5,10-11,18H,6-9H2,(H,20,22). The average Bonchev–Trinajstić information content (AvgIpc) is 3.04. The zero-order valence-electron chi connectivity index (χ0n) is 12.1. The Morgan fingerprint density at radius 1 is 1.36 bits per heavy atom. The minimum absolute atomic E-state index is 0.193. The highest BCUT2D eigenvalue weighted by Crippen LogP contribution is 2.12. The van der Waals surface area contributed by atoms with Gasteiger partial charge in [0.15, 0.2) is 0 Å². The lowest BCUT2D eigenvalue weighted by Gasteiger charge is -2.15. The monoisotopic (exact) mass is 300 g/mol. The summed E-state index contributed by atoms with van der Waals surface area (Å²) in [5, 5.41) is 6.14. The first-order valence-corrected chi connectivity index (χ1v) is 7.19. The summed E-state index contributed by atoms with van der Waals surface area (Å²) in [4.78, 5) is 16.3. The van der Waals surface area contributed by atoms with Crippen molar-refractivity contribution in [3.05, 3.63) is 59.9 Å². The average molecular weight is 300 g/mol. The zero-order valence-corrected chi connectivity index (χ0v) is 12.1. The van der Waals surface area contributed by atoms with Crippen molar-refractivity contribution < 1.29 is 9.18 Å². The second-order valence-corrected chi connectivity index (χ2v) is 5.12. The van der Waals surface area contributed by atoms with Crippen LogP contribution < -0.4 is 10.6 Å². The van der Waals surface area contributed by atoms with Crippen molar-refractivity contribution in [2.75, 3.05) is 19.6 Å². The van der Waals surface area contributed by atoms with Gasteiger partial charge in [0.05, 0.1) is 12.5 Å². The predicted molar refractivity (Wildman–Crippen MR) is 81.4 cm³/mol. The molecule has 0 atom stereocenters. The number of nitrogens with zero attached hydrogens (tertiary/aromatic N) is 2. The smallest absolute Gasteiger partial charge is 0.270 e. The van der Waals surface area contributed by atoms with Crippen LogP contribution >= 0.6 is 0 Å². The summed E-state index contributed by atoms with van der Waals surface area (Å²) < 4.78 is 14.6. The van der Waals surface area contributed by atoms with Gasteiger partial charge in [-0.15, -0.1) is 0 Å². The molecule has 22 heavy (non-hydrogen) atoms. The SMILES string of the molecule is O=C(NCC1=CCNCC1)c1cncn1-c1ccc(F)cc1. The number of benzene rings is 1. The zero-order chi connectivity index (χ0) is 15.4. The largest absolute Gasteiger partial charge is 0.347 e. The van der Waals surface area contributed by atoms with Gasteiger partial charge in [0.25, 0.3) is 5.91 Å². The van der Waals surface area contributed by atoms with E-state index >= 15 is 0 Å². The van der Waals surface area contributed by atoms with Gasteiger partial charge >= 0.3 is 0 Å². The molecule has 3 rings (SSSR count). The predicted octanol–water partition coefficient (Wildman–Crippen LogP) is 1.66. The number of nitrogens with one attached hydrogen (secondary N) is 2. The summed E-state index contributed by atoms with van der Waals surface area (Å²) in [7, 11) is 0. The molecule has 0 saturated heterocycles. The van der Waals surface area contributed by atoms with E-state index < -0.39 is 0 Å². The van der Waals surface area contributed by atoms with Gasteiger partial charge in [-0.1, -0.05) is 11.6 Å². The molecule has 1 aromatic heterocycles. The van der Waals surface area contributed by atoms with E-state index in [0.29, 0.717) is 17.9 Å². The molecule has 6 heteroatoms. The number of aromatic nitrogens is 2. The first-order valence-electron chi connectivity index (χ1n) is 7.19. The van der Waals surface area contributed by atoms with Gasteiger partial charge in [-0.05, 0) is 37.2 Å². The molecule has 114 valence electrons. The Kier molecular flexibility index (Phi) is 4.29. The maximum absolute atomic E-state index is 13.0. The molecule has 1 amide bonds. The maximum atomic E-state index is 13.0. The molecule has 0 fully saturated rings. The second-order valence-electron chi connectivity index (χ2n) is 5.12. The quantitative estimate of drug-likeness (QED) is 0.844. The summed E-state index contributed by atoms with van der Waals surface area (Å²) in [6, 6.07) is 5.94. The third-order valence-electron chi connectivity index (χ3n) is 3.61. The van der Waals surface area contributed by atoms with E-state index in [2.05, 4.69) is 21.7 Å². The van der Waals surface area contributed by atoms with Gasteiger partial charge in [0.2, 0.25) is 0 Å². The van der Waals surface area contributed by atoms with E-state index in [4.69, 9.17) is 0 Å². The molecule has 0 spiro atoms. The molecule has 1 aliphatic rings. The lowest BCUT2D eigenvalue weighted by Crippen LogP contribution is -2.30. The topological polar surface area (TPSA) is 59.0 Å². The summed E-state index contributed by atoms with van der Waals surface area (Å²) in [5.74, 6) is -0.506. The van der Waals surface area contributed by atoms with Crippen LogP contribution in [0, 0.1) is 5.82 Å². The van der Waals surface area contributed by atoms with Crippen molar-refractivity contribution in [1.82, 2.24) is 20.2 Å². The minimum atomic E-state index is -0.312. The van der Waals surface area contributed by atoms with Crippen LogP contribution in [0.1, 0.15) is 16.9 Å². The highest BCUT2D eigenvalue weighted by Gasteiger charge is 2.13. The Hall–Kier alpha value is -2.47. The Balaban J connectivity index is 1.72. The van der Waals surface area contributed by atoms with E-state index in [1.165, 1.54) is 23.9 Å². The van der Waals surface area contributed by atoms with E-state index in [1.807, 2.05) is 0 Å². The fraction of sp³-hybridized carbons (Fsp3) is 0.250. The Morgan fingerprint density at radius 2 is 2.18 bits per heavy atom. The molecule has 0 unspecified atom stereocenters. The van der Waals surface area contributed by atoms with Crippen LogP contribution in [0.4, 0.5) is 4.39 Å². The molecule has 0 bridgehead atoms. The van der Waals surface area contributed by atoms with Gasteiger partial charge in [0.1, 0.15) is 11.5 Å². The first kappa shape index (κ1) is 14.5. The summed E-state index contributed by atoms with van der Waals surface area (Å²) in [6.45, 7) is 2.32. The van der Waals surface area contributed by atoms with Crippen molar-refractivity contribution in [3.8, 4) is 5.69 Å². The maximum Gasteiger partial charge on any atom is 0.270 e. The third kappa shape index (κ3) is 3.23. The Morgan fingerprint density at radius 3 is 2.91 bits per heavy atom. The van der Waals surface area contributed by atoms with Gasteiger partial charge in [0, 0.05) is 18.8 Å². The van der Waals surface area contributed by atoms with Gasteiger partial charge in [-0.2, -0.15) is 0 Å². The van der Waals surface area contributed by atoms with Gasteiger partial charge < -0.3 is 10.6 Å². The molecular formula is C16H17FN4O. The molecule has 2 N–H and O–H groups in total. The fourth-order valence-corrected chi connectivity index (χ4v) is 2.38. The van der Waals surface area contributed by atoms with Gasteiger partial charge in [-0.3, -0.25) is 9.36 Å². The van der Waals surface area contributed by atoms with Gasteiger partial charge in [-0.25, -0.2) is 9.37 Å². The van der Waals surface area contributed by atoms with E-state index in [9.17, 15) is 9.18 Å². The summed E-state index contributed by atoms with van der Waals surface area (Å²) in [6.07, 6.45) is 6.10. The van der Waals surface area contributed by atoms with E-state index in [1.54, 1.807) is 23.0 Å². The molecular weight excluding hydrogens is 283 g/mol. The molecule has 2 heterocycles. The van der Waals surface area contributed by atoms with Crippen LogP contribution in [0.15, 0.2) is 48.4 Å². The number of halogens is 1. The number of imidazole rings is 1. The van der Waals surface area contributed by atoms with Crippen molar-refractivity contribution >= 4 is 5.91 Å². The summed E-state index contributed by atoms with van der Waals surface area (Å²) >= 11 is 0. The molecule has 2 aromatic rings. The number of rotatable bonds is 4. The number of carbonyl (C=O) groups excluding carboxylic acids is 1. The molecule has 0 aliphatic carbocycles. The van der Waals surface area contributed by atoms with Crippen LogP contribution in [0.25, 0.3) is 5.69 Å². The lowest BCUT2D eigenvalue weighted by molar-refractivity contribution is 0.0950. The normalized spacial score (nSPS) is 14.5. The fourth-order valence-electron chi connectivity index (χ4n) is 2.38. The molecule has 0 saturated carbocycles. The molecule has 1 aromatic carbocycles. The van der Waals surface area contributed by atoms with Crippen LogP contribution in [-0.2, 0) is 0 Å². The molecule has 1 aliphatic heterocycles. The van der Waals surface area contributed by atoms with E-state index in [0.717, 1.165) is 19.5 Å². The van der Waals surface area contributed by atoms with E-state index in [-0.39, 0.29) is 11.7 Å². The number of hydrogen-bond donors (Lipinski definition) is 2. The van der Waals surface area contributed by atoms with Crippen LogP contribution in [0.2, 0.25) is 0 Å². The molecule has 5 nitrogen and oxygen atoms in total. The van der Waals surface area contributed by atoms with Crippen LogP contribution in [-0.4, -0.2) is 35.1 Å². The highest BCUT2D eigenvalue weighted by atomic mass is 19.1. The Bertz CT molecular complexity index is 690. The second kappa shape index (κ2) is 6.53. The van der Waals surface area contributed by atoms with Crippen molar-refractivity contribution in [2.45, 2.75) is 6.42 Å². The highest BCUT2D eigenvalue weighted by molar-refractivity contribution is 5.93. The minimum Gasteiger partial charge on any atom is -0.347 e. The van der Waals surface area contributed by atoms with Crippen LogP contribution in [0.5, 0.6) is 0 Å². The number of amides is 1. The lowest BCUT2D eigenvalue weighted by atomic mass is 10.1. The van der Waals surface area contributed by atoms with Crippen LogP contribution in [0.3, 0.4) is 0 Å². The van der Waals surface area contributed by atoms with Crippen molar-refractivity contribution in [1.29, 1.82) is 0 Å². The first-order chi connectivity index (χ1) is 10.7. The molecule has 0 radical (unpaired) electrons.